The van der Waals surface area contributed by atoms with Gasteiger partial charge in [0.15, 0.2) is 18.4 Å². The minimum atomic E-state index is -1.58. The van der Waals surface area contributed by atoms with Crippen molar-refractivity contribution in [3.8, 4) is 0 Å². The Balaban J connectivity index is 0.939. The molecule has 12 heteroatoms. The molecule has 50 heavy (non-hydrogen) atoms. The van der Waals surface area contributed by atoms with Crippen molar-refractivity contribution in [2.45, 2.75) is 165 Å². The monoisotopic (exact) mass is 710 g/mol. The Morgan fingerprint density at radius 3 is 2.26 bits per heavy atom. The SMILES string of the molecule is C[C@@H]1CC[C@@]2(OC1)O[C@H]1C[C@H]3[C@@H]4CC[C@@H]5C[C@@H](O[C@@H]6O[C@H](CO)[C@H](O)[C@H](O)[C@H]6O[C@@H]6OC[C@@H](O)[C@H](O)[C@H]6O)CC[C@]5(C)[C@H]4CC[C@]3(C)[C@H]1[C@@H]2C. The van der Waals surface area contributed by atoms with E-state index in [2.05, 4.69) is 27.7 Å². The van der Waals surface area contributed by atoms with Crippen LogP contribution in [0.4, 0.5) is 0 Å². The molecule has 0 aromatic rings. The van der Waals surface area contributed by atoms with Gasteiger partial charge in [0.05, 0.1) is 32.0 Å². The van der Waals surface area contributed by atoms with Crippen molar-refractivity contribution >= 4 is 0 Å². The molecule has 0 aromatic carbocycles. The lowest BCUT2D eigenvalue weighted by Gasteiger charge is -2.61. The van der Waals surface area contributed by atoms with E-state index in [1.165, 1.54) is 25.7 Å². The van der Waals surface area contributed by atoms with Crippen LogP contribution < -0.4 is 0 Å². The molecule has 0 bridgehead atoms. The highest BCUT2D eigenvalue weighted by Crippen LogP contribution is 2.71. The second-order valence-electron chi connectivity index (χ2n) is 18.3. The maximum atomic E-state index is 11.1. The van der Waals surface area contributed by atoms with Crippen LogP contribution in [0.25, 0.3) is 0 Å². The van der Waals surface area contributed by atoms with E-state index in [4.69, 9.17) is 28.4 Å². The van der Waals surface area contributed by atoms with Crippen molar-refractivity contribution in [1.29, 1.82) is 0 Å². The van der Waals surface area contributed by atoms with E-state index >= 15 is 0 Å². The van der Waals surface area contributed by atoms with Gasteiger partial charge in [-0.25, -0.2) is 0 Å². The van der Waals surface area contributed by atoms with Gasteiger partial charge in [-0.3, -0.25) is 0 Å². The smallest absolute Gasteiger partial charge is 0.187 e. The normalized spacial score (nSPS) is 59.4. The van der Waals surface area contributed by atoms with Crippen molar-refractivity contribution in [3.05, 3.63) is 0 Å². The number of aliphatic hydroxyl groups is 6. The van der Waals surface area contributed by atoms with E-state index in [0.29, 0.717) is 41.4 Å². The molecule has 8 aliphatic rings. The zero-order valence-electron chi connectivity index (χ0n) is 30.2. The van der Waals surface area contributed by atoms with Gasteiger partial charge in [-0.15, -0.1) is 0 Å². The maximum absolute atomic E-state index is 11.1. The van der Waals surface area contributed by atoms with Crippen molar-refractivity contribution in [1.82, 2.24) is 0 Å². The summed E-state index contributed by atoms with van der Waals surface area (Å²) in [7, 11) is 0. The van der Waals surface area contributed by atoms with Gasteiger partial charge in [0.1, 0.15) is 42.7 Å². The van der Waals surface area contributed by atoms with Crippen molar-refractivity contribution < 1.29 is 59.1 Å². The Morgan fingerprint density at radius 1 is 0.740 bits per heavy atom. The molecule has 4 saturated heterocycles. The van der Waals surface area contributed by atoms with Crippen LogP contribution in [0.2, 0.25) is 0 Å². The lowest BCUT2D eigenvalue weighted by atomic mass is 9.44. The van der Waals surface area contributed by atoms with Gasteiger partial charge in [0.2, 0.25) is 0 Å². The maximum Gasteiger partial charge on any atom is 0.187 e. The first-order chi connectivity index (χ1) is 23.8. The molecule has 0 aromatic heterocycles. The first-order valence-corrected chi connectivity index (χ1v) is 19.7. The van der Waals surface area contributed by atoms with Gasteiger partial charge in [-0.1, -0.05) is 27.7 Å². The van der Waals surface area contributed by atoms with Crippen LogP contribution in [0.1, 0.15) is 91.9 Å². The molecule has 8 rings (SSSR count). The highest BCUT2D eigenvalue weighted by Gasteiger charge is 2.69. The van der Waals surface area contributed by atoms with Crippen LogP contribution in [0.3, 0.4) is 0 Å². The summed E-state index contributed by atoms with van der Waals surface area (Å²) in [5.74, 6) is 3.65. The summed E-state index contributed by atoms with van der Waals surface area (Å²) in [6.45, 7) is 9.79. The molecule has 21 atom stereocenters. The summed E-state index contributed by atoms with van der Waals surface area (Å²) in [6.07, 6.45) is -1.27. The number of aliphatic hydroxyl groups excluding tert-OH is 6. The summed E-state index contributed by atoms with van der Waals surface area (Å²) in [4.78, 5) is 0. The van der Waals surface area contributed by atoms with E-state index < -0.39 is 61.9 Å². The van der Waals surface area contributed by atoms with Gasteiger partial charge < -0.3 is 59.1 Å². The molecule has 6 N–H and O–H groups in total. The second-order valence-corrected chi connectivity index (χ2v) is 18.3. The van der Waals surface area contributed by atoms with E-state index in [9.17, 15) is 30.6 Å². The molecule has 4 aliphatic heterocycles. The Labute approximate surface area is 296 Å². The van der Waals surface area contributed by atoms with Crippen LogP contribution >= 0.6 is 0 Å². The van der Waals surface area contributed by atoms with E-state index in [1.807, 2.05) is 0 Å². The van der Waals surface area contributed by atoms with Crippen LogP contribution in [-0.2, 0) is 28.4 Å². The molecular formula is C38H62O12. The average molecular weight is 711 g/mol. The number of rotatable bonds is 5. The molecule has 0 amide bonds. The van der Waals surface area contributed by atoms with Gasteiger partial charge in [0, 0.05) is 12.3 Å². The van der Waals surface area contributed by atoms with E-state index in [1.54, 1.807) is 0 Å². The van der Waals surface area contributed by atoms with Crippen LogP contribution in [0.5, 0.6) is 0 Å². The molecule has 0 radical (unpaired) electrons. The molecule has 12 nitrogen and oxygen atoms in total. The van der Waals surface area contributed by atoms with Crippen molar-refractivity contribution in [2.24, 2.45) is 52.3 Å². The minimum Gasteiger partial charge on any atom is -0.394 e. The fourth-order valence-electron chi connectivity index (χ4n) is 12.9. The Kier molecular flexibility index (Phi) is 9.76. The largest absolute Gasteiger partial charge is 0.394 e. The van der Waals surface area contributed by atoms with Crippen LogP contribution in [0.15, 0.2) is 0 Å². The number of hydrogen-bond acceptors (Lipinski definition) is 12. The Morgan fingerprint density at radius 2 is 1.52 bits per heavy atom. The lowest BCUT2D eigenvalue weighted by Crippen LogP contribution is -2.63. The summed E-state index contributed by atoms with van der Waals surface area (Å²) >= 11 is 0. The highest BCUT2D eigenvalue weighted by molar-refractivity contribution is 5.15. The molecular weight excluding hydrogens is 648 g/mol. The average Bonchev–Trinajstić information content (AvgIpc) is 3.54. The third-order valence-electron chi connectivity index (χ3n) is 15.8. The molecule has 1 spiro atoms. The summed E-state index contributed by atoms with van der Waals surface area (Å²) < 4.78 is 37.4. The molecule has 4 aliphatic carbocycles. The minimum absolute atomic E-state index is 0.185. The highest BCUT2D eigenvalue weighted by atomic mass is 16.8. The molecule has 8 fully saturated rings. The molecule has 4 saturated carbocycles. The third kappa shape index (κ3) is 5.68. The third-order valence-corrected chi connectivity index (χ3v) is 15.8. The standard InChI is InChI=1S/C38H62O12/c1-18-7-12-38(46-16-18)19(2)28-26(50-38)14-24-22-6-5-20-13-21(8-10-36(20,3)23(22)9-11-37(24,28)4)47-35-33(31(43)30(42)27(15-39)48-35)49-34-32(44)29(41)25(40)17-45-34/h18-35,39-44H,5-17H2,1-4H3/t18-,19+,20-,21+,22-,23+,24+,25-,26+,27-,28+,29+,30+,31+,32-,33-,34+,35-,36+,37+,38-/m1/s1. The van der Waals surface area contributed by atoms with Gasteiger partial charge in [0.25, 0.3) is 0 Å². The molecule has 0 unspecified atom stereocenters. The summed E-state index contributed by atoms with van der Waals surface area (Å²) in [5, 5.41) is 62.2. The fourth-order valence-corrected chi connectivity index (χ4v) is 12.9. The zero-order valence-corrected chi connectivity index (χ0v) is 30.2. The molecule has 4 heterocycles. The topological polar surface area (TPSA) is 177 Å². The number of hydrogen-bond donors (Lipinski definition) is 6. The Hall–Kier alpha value is -0.480. The predicted octanol–water partition coefficient (Wildman–Crippen LogP) is 2.08. The first-order valence-electron chi connectivity index (χ1n) is 19.7. The van der Waals surface area contributed by atoms with Crippen LogP contribution in [-0.4, -0.2) is 124 Å². The quantitative estimate of drug-likeness (QED) is 0.230. The van der Waals surface area contributed by atoms with Gasteiger partial charge in [-0.2, -0.15) is 0 Å². The number of ether oxygens (including phenoxy) is 6. The first kappa shape index (κ1) is 36.5. The predicted molar refractivity (Wildman–Crippen MR) is 177 cm³/mol. The Bertz CT molecular complexity index is 1210. The van der Waals surface area contributed by atoms with E-state index in [0.717, 1.165) is 45.1 Å². The van der Waals surface area contributed by atoms with Crippen molar-refractivity contribution in [2.75, 3.05) is 19.8 Å². The zero-order chi connectivity index (χ0) is 35.3. The second kappa shape index (κ2) is 13.4. The lowest BCUT2D eigenvalue weighted by molar-refractivity contribution is -0.364. The van der Waals surface area contributed by atoms with Gasteiger partial charge >= 0.3 is 0 Å². The summed E-state index contributed by atoms with van der Waals surface area (Å²) in [6, 6.07) is 0. The van der Waals surface area contributed by atoms with Gasteiger partial charge in [-0.05, 0) is 104 Å². The fraction of sp³-hybridized carbons (Fsp3) is 1.00. The van der Waals surface area contributed by atoms with Crippen molar-refractivity contribution in [3.63, 3.8) is 0 Å². The number of fused-ring (bicyclic) bond motifs is 7. The summed E-state index contributed by atoms with van der Waals surface area (Å²) in [5.41, 5.74) is 0.470. The van der Waals surface area contributed by atoms with E-state index in [-0.39, 0.29) is 35.4 Å². The van der Waals surface area contributed by atoms with Crippen LogP contribution in [0, 0.1) is 52.3 Å². The molecule has 286 valence electrons.